The molecule has 0 unspecified atom stereocenters. The van der Waals surface area contributed by atoms with Gasteiger partial charge in [0.1, 0.15) is 0 Å². The van der Waals surface area contributed by atoms with Gasteiger partial charge in [-0.15, -0.1) is 0 Å². The van der Waals surface area contributed by atoms with Gasteiger partial charge in [-0.3, -0.25) is 4.98 Å². The van der Waals surface area contributed by atoms with Crippen LogP contribution >= 0.6 is 0 Å². The van der Waals surface area contributed by atoms with Crippen LogP contribution in [0.3, 0.4) is 0 Å². The molecule has 1 aromatic heterocycles. The van der Waals surface area contributed by atoms with Crippen LogP contribution in [0.4, 0.5) is 0 Å². The summed E-state index contributed by atoms with van der Waals surface area (Å²) >= 11 is 0. The maximum absolute atomic E-state index is 3.95. The SMILES string of the molecule is CCC.Cc1ccncc1C. The zero-order valence-electron chi connectivity index (χ0n) is 7.89. The minimum Gasteiger partial charge on any atom is -0.264 e. The molecule has 0 aliphatic heterocycles. The molecule has 1 nitrogen and oxygen atoms in total. The molecule has 0 aliphatic rings. The Hall–Kier alpha value is -0.850. The van der Waals surface area contributed by atoms with E-state index >= 15 is 0 Å². The lowest BCUT2D eigenvalue weighted by Gasteiger charge is -1.92. The number of rotatable bonds is 0. The third-order valence-corrected chi connectivity index (χ3v) is 1.30. The molecule has 0 N–H and O–H groups in total. The van der Waals surface area contributed by atoms with Gasteiger partial charge in [0.25, 0.3) is 0 Å². The first-order valence-corrected chi connectivity index (χ1v) is 4.09. The van der Waals surface area contributed by atoms with Gasteiger partial charge in [-0.2, -0.15) is 0 Å². The van der Waals surface area contributed by atoms with Gasteiger partial charge >= 0.3 is 0 Å². The minimum absolute atomic E-state index is 1.25. The molecule has 0 fully saturated rings. The van der Waals surface area contributed by atoms with Crippen molar-refractivity contribution in [3.05, 3.63) is 29.6 Å². The molecule has 0 bridgehead atoms. The molecular formula is C10H17N. The van der Waals surface area contributed by atoms with Gasteiger partial charge in [0, 0.05) is 12.4 Å². The highest BCUT2D eigenvalue weighted by molar-refractivity contribution is 5.18. The summed E-state index contributed by atoms with van der Waals surface area (Å²) < 4.78 is 0. The lowest BCUT2D eigenvalue weighted by Crippen LogP contribution is -1.78. The molecule has 1 heterocycles. The van der Waals surface area contributed by atoms with Crippen molar-refractivity contribution < 1.29 is 0 Å². The van der Waals surface area contributed by atoms with E-state index in [1.165, 1.54) is 17.5 Å². The molecule has 0 amide bonds. The number of pyridine rings is 1. The molecule has 0 saturated heterocycles. The van der Waals surface area contributed by atoms with E-state index in [0.29, 0.717) is 0 Å². The lowest BCUT2D eigenvalue weighted by molar-refractivity contribution is 1.09. The topological polar surface area (TPSA) is 12.9 Å². The summed E-state index contributed by atoms with van der Waals surface area (Å²) in [6.07, 6.45) is 4.93. The minimum atomic E-state index is 1.25. The number of nitrogens with zero attached hydrogens (tertiary/aromatic N) is 1. The van der Waals surface area contributed by atoms with Crippen LogP contribution in [0.2, 0.25) is 0 Å². The first-order valence-electron chi connectivity index (χ1n) is 4.09. The number of aryl methyl sites for hydroxylation is 2. The predicted molar refractivity (Wildman–Crippen MR) is 49.7 cm³/mol. The average molecular weight is 151 g/mol. The van der Waals surface area contributed by atoms with Crippen molar-refractivity contribution in [1.82, 2.24) is 4.98 Å². The summed E-state index contributed by atoms with van der Waals surface area (Å²) in [5.41, 5.74) is 2.56. The van der Waals surface area contributed by atoms with Crippen LogP contribution in [0.25, 0.3) is 0 Å². The van der Waals surface area contributed by atoms with Gasteiger partial charge in [-0.25, -0.2) is 0 Å². The molecule has 62 valence electrons. The Balaban J connectivity index is 0.000000292. The largest absolute Gasteiger partial charge is 0.264 e. The van der Waals surface area contributed by atoms with Crippen LogP contribution < -0.4 is 0 Å². The summed E-state index contributed by atoms with van der Waals surface area (Å²) in [4.78, 5) is 3.95. The molecule has 0 atom stereocenters. The molecule has 1 aromatic rings. The van der Waals surface area contributed by atoms with Gasteiger partial charge in [0.2, 0.25) is 0 Å². The first kappa shape index (κ1) is 10.2. The third-order valence-electron chi connectivity index (χ3n) is 1.30. The highest BCUT2D eigenvalue weighted by atomic mass is 14.6. The van der Waals surface area contributed by atoms with Crippen LogP contribution in [0.1, 0.15) is 31.4 Å². The second-order valence-electron chi connectivity index (χ2n) is 2.67. The normalized spacial score (nSPS) is 8.36. The Morgan fingerprint density at radius 3 is 2.00 bits per heavy atom. The molecule has 0 saturated carbocycles. The van der Waals surface area contributed by atoms with Gasteiger partial charge < -0.3 is 0 Å². The summed E-state index contributed by atoms with van der Waals surface area (Å²) in [6.45, 7) is 8.39. The van der Waals surface area contributed by atoms with Crippen molar-refractivity contribution in [3.8, 4) is 0 Å². The zero-order valence-corrected chi connectivity index (χ0v) is 7.89. The first-order chi connectivity index (χ1) is 5.22. The van der Waals surface area contributed by atoms with Crippen LogP contribution in [0, 0.1) is 13.8 Å². The Bertz CT molecular complexity index is 173. The van der Waals surface area contributed by atoms with Crippen molar-refractivity contribution in [2.45, 2.75) is 34.1 Å². The summed E-state index contributed by atoms with van der Waals surface area (Å²) in [7, 11) is 0. The van der Waals surface area contributed by atoms with Gasteiger partial charge in [-0.1, -0.05) is 20.3 Å². The average Bonchev–Trinajstić information content (AvgIpc) is 1.97. The molecule has 0 aliphatic carbocycles. The second-order valence-corrected chi connectivity index (χ2v) is 2.67. The molecule has 11 heavy (non-hydrogen) atoms. The van der Waals surface area contributed by atoms with Gasteiger partial charge in [0.15, 0.2) is 0 Å². The van der Waals surface area contributed by atoms with E-state index < -0.39 is 0 Å². The quantitative estimate of drug-likeness (QED) is 0.555. The van der Waals surface area contributed by atoms with Crippen LogP contribution in [-0.4, -0.2) is 4.98 Å². The molecule has 1 rings (SSSR count). The Morgan fingerprint density at radius 1 is 1.18 bits per heavy atom. The summed E-state index contributed by atoms with van der Waals surface area (Å²) in [5.74, 6) is 0. The monoisotopic (exact) mass is 151 g/mol. The van der Waals surface area contributed by atoms with Crippen molar-refractivity contribution in [1.29, 1.82) is 0 Å². The van der Waals surface area contributed by atoms with E-state index in [2.05, 4.69) is 32.7 Å². The maximum Gasteiger partial charge on any atom is 0.0299 e. The van der Waals surface area contributed by atoms with E-state index in [1.807, 2.05) is 18.5 Å². The molecular weight excluding hydrogens is 134 g/mol. The molecule has 0 radical (unpaired) electrons. The molecule has 1 heteroatoms. The molecule has 0 spiro atoms. The van der Waals surface area contributed by atoms with Crippen molar-refractivity contribution in [2.75, 3.05) is 0 Å². The maximum atomic E-state index is 3.95. The second kappa shape index (κ2) is 5.90. The van der Waals surface area contributed by atoms with Crippen molar-refractivity contribution in [3.63, 3.8) is 0 Å². The zero-order chi connectivity index (χ0) is 8.69. The fraction of sp³-hybridized carbons (Fsp3) is 0.500. The van der Waals surface area contributed by atoms with E-state index in [4.69, 9.17) is 0 Å². The third kappa shape index (κ3) is 4.54. The van der Waals surface area contributed by atoms with E-state index in [9.17, 15) is 0 Å². The highest BCUT2D eigenvalue weighted by Crippen LogP contribution is 2.00. The highest BCUT2D eigenvalue weighted by Gasteiger charge is 1.84. The Morgan fingerprint density at radius 2 is 1.73 bits per heavy atom. The van der Waals surface area contributed by atoms with Gasteiger partial charge in [-0.05, 0) is 31.0 Å². The predicted octanol–water partition coefficient (Wildman–Crippen LogP) is 3.11. The number of hydrogen-bond acceptors (Lipinski definition) is 1. The van der Waals surface area contributed by atoms with E-state index in [1.54, 1.807) is 0 Å². The smallest absolute Gasteiger partial charge is 0.0299 e. The van der Waals surface area contributed by atoms with Crippen LogP contribution in [-0.2, 0) is 0 Å². The number of hydrogen-bond donors (Lipinski definition) is 0. The number of aromatic nitrogens is 1. The fourth-order valence-corrected chi connectivity index (χ4v) is 0.543. The van der Waals surface area contributed by atoms with E-state index in [-0.39, 0.29) is 0 Å². The summed E-state index contributed by atoms with van der Waals surface area (Å²) in [6, 6.07) is 2.01. The van der Waals surface area contributed by atoms with Crippen molar-refractivity contribution in [2.24, 2.45) is 0 Å². The van der Waals surface area contributed by atoms with Crippen LogP contribution in [0.5, 0.6) is 0 Å². The standard InChI is InChI=1S/C7H9N.C3H8/c1-6-3-4-8-5-7(6)2;1-3-2/h3-5H,1-2H3;3H2,1-2H3. The lowest BCUT2D eigenvalue weighted by atomic mass is 10.2. The van der Waals surface area contributed by atoms with Gasteiger partial charge in [0.05, 0.1) is 0 Å². The molecule has 0 aromatic carbocycles. The van der Waals surface area contributed by atoms with Crippen LogP contribution in [0.15, 0.2) is 18.5 Å². The Labute approximate surface area is 69.5 Å². The summed E-state index contributed by atoms with van der Waals surface area (Å²) in [5, 5.41) is 0. The van der Waals surface area contributed by atoms with E-state index in [0.717, 1.165) is 0 Å². The fourth-order valence-electron chi connectivity index (χ4n) is 0.543. The Kier molecular flexibility index (Phi) is 5.44. The van der Waals surface area contributed by atoms with Crippen molar-refractivity contribution >= 4 is 0 Å².